The van der Waals surface area contributed by atoms with Crippen LogP contribution in [-0.4, -0.2) is 0 Å². The van der Waals surface area contributed by atoms with Crippen LogP contribution >= 0.6 is 0 Å². The van der Waals surface area contributed by atoms with Crippen molar-refractivity contribution < 1.29 is 0 Å². The van der Waals surface area contributed by atoms with Crippen LogP contribution in [0.4, 0.5) is 0 Å². The molecule has 0 saturated heterocycles. The van der Waals surface area contributed by atoms with E-state index in [1.165, 1.54) is 12.8 Å². The first-order chi connectivity index (χ1) is 6.25. The average Bonchev–Trinajstić information content (AvgIpc) is 2.00. The highest BCUT2D eigenvalue weighted by atomic mass is 14.4. The van der Waals surface area contributed by atoms with E-state index >= 15 is 0 Å². The molecule has 0 N–H and O–H groups in total. The molecular formula is C14H28. The highest BCUT2D eigenvalue weighted by Gasteiger charge is 2.30. The first-order valence-corrected chi connectivity index (χ1v) is 5.89. The van der Waals surface area contributed by atoms with Crippen LogP contribution in [-0.2, 0) is 0 Å². The summed E-state index contributed by atoms with van der Waals surface area (Å²) in [5.74, 6) is 0.798. The van der Waals surface area contributed by atoms with Crippen molar-refractivity contribution >= 4 is 0 Å². The van der Waals surface area contributed by atoms with Gasteiger partial charge in [0.1, 0.15) is 0 Å². The summed E-state index contributed by atoms with van der Waals surface area (Å²) in [7, 11) is 0. The van der Waals surface area contributed by atoms with E-state index in [2.05, 4.69) is 60.6 Å². The zero-order valence-electron chi connectivity index (χ0n) is 11.1. The lowest BCUT2D eigenvalue weighted by Crippen LogP contribution is -2.27. The highest BCUT2D eigenvalue weighted by Crippen LogP contribution is 2.41. The largest absolute Gasteiger partial charge is 0.0911 e. The maximum absolute atomic E-state index is 2.40. The van der Waals surface area contributed by atoms with E-state index < -0.39 is 0 Å². The molecule has 0 nitrogen and oxygen atoms in total. The van der Waals surface area contributed by atoms with Crippen molar-refractivity contribution in [2.75, 3.05) is 0 Å². The van der Waals surface area contributed by atoms with Gasteiger partial charge in [-0.1, -0.05) is 60.1 Å². The number of rotatable bonds is 5. The van der Waals surface area contributed by atoms with Gasteiger partial charge in [0.2, 0.25) is 0 Å². The monoisotopic (exact) mass is 196 g/mol. The quantitative estimate of drug-likeness (QED) is 0.540. The Hall–Kier alpha value is -0.260. The van der Waals surface area contributed by atoms with E-state index in [4.69, 9.17) is 0 Å². The topological polar surface area (TPSA) is 0 Å². The molecule has 0 bridgehead atoms. The molecule has 0 aliphatic heterocycles. The molecule has 0 radical (unpaired) electrons. The molecule has 1 atom stereocenters. The van der Waals surface area contributed by atoms with Crippen LogP contribution in [0.1, 0.15) is 61.3 Å². The van der Waals surface area contributed by atoms with Crippen molar-refractivity contribution in [1.29, 1.82) is 0 Å². The lowest BCUT2D eigenvalue weighted by Gasteiger charge is -2.37. The predicted molar refractivity (Wildman–Crippen MR) is 66.4 cm³/mol. The van der Waals surface area contributed by atoms with Gasteiger partial charge in [0, 0.05) is 0 Å². The molecule has 0 aromatic rings. The second-order valence-corrected chi connectivity index (χ2v) is 5.96. The summed E-state index contributed by atoms with van der Waals surface area (Å²) in [4.78, 5) is 0. The van der Waals surface area contributed by atoms with Crippen LogP contribution in [0, 0.1) is 16.7 Å². The Bertz CT molecular complexity index is 184. The van der Waals surface area contributed by atoms with Crippen molar-refractivity contribution in [3.05, 3.63) is 12.2 Å². The number of hydrogen-bond donors (Lipinski definition) is 0. The molecule has 0 heteroatoms. The maximum Gasteiger partial charge on any atom is -0.0170 e. The zero-order chi connectivity index (χ0) is 11.4. The minimum Gasteiger partial charge on any atom is -0.0911 e. The lowest BCUT2D eigenvalue weighted by molar-refractivity contribution is 0.152. The van der Waals surface area contributed by atoms with Crippen molar-refractivity contribution in [2.24, 2.45) is 16.7 Å². The fourth-order valence-electron chi connectivity index (χ4n) is 2.41. The molecule has 0 aliphatic rings. The van der Waals surface area contributed by atoms with Crippen molar-refractivity contribution in [2.45, 2.75) is 61.3 Å². The van der Waals surface area contributed by atoms with Crippen molar-refractivity contribution in [3.63, 3.8) is 0 Å². The molecule has 0 aromatic carbocycles. The standard InChI is InChI=1S/C14H28/c1-8-10-13(4,5)11-14(6,7)12(3)9-2/h8,10,12H,9,11H2,1-7H3/b10-8+. The first kappa shape index (κ1) is 13.7. The molecule has 14 heavy (non-hydrogen) atoms. The fraction of sp³-hybridized carbons (Fsp3) is 0.857. The molecule has 0 saturated carbocycles. The van der Waals surface area contributed by atoms with Crippen LogP contribution in [0.2, 0.25) is 0 Å². The Morgan fingerprint density at radius 3 is 2.00 bits per heavy atom. The number of hydrogen-bond acceptors (Lipinski definition) is 0. The van der Waals surface area contributed by atoms with Crippen LogP contribution in [0.5, 0.6) is 0 Å². The summed E-state index contributed by atoms with van der Waals surface area (Å²) in [5, 5.41) is 0. The molecule has 0 aromatic heterocycles. The van der Waals surface area contributed by atoms with E-state index in [-0.39, 0.29) is 0 Å². The summed E-state index contributed by atoms with van der Waals surface area (Å²) in [5.41, 5.74) is 0.777. The summed E-state index contributed by atoms with van der Waals surface area (Å²) >= 11 is 0. The van der Waals surface area contributed by atoms with E-state index in [9.17, 15) is 0 Å². The molecule has 84 valence electrons. The Balaban J connectivity index is 4.48. The molecule has 0 rings (SSSR count). The lowest BCUT2D eigenvalue weighted by atomic mass is 9.68. The molecular weight excluding hydrogens is 168 g/mol. The van der Waals surface area contributed by atoms with Gasteiger partial charge in [-0.05, 0) is 30.1 Å². The SMILES string of the molecule is C/C=C/C(C)(C)CC(C)(C)C(C)CC. The Kier molecular flexibility index (Phi) is 4.91. The number of allylic oxidation sites excluding steroid dienone is 2. The average molecular weight is 196 g/mol. The van der Waals surface area contributed by atoms with Crippen molar-refractivity contribution in [1.82, 2.24) is 0 Å². The van der Waals surface area contributed by atoms with Gasteiger partial charge in [-0.15, -0.1) is 0 Å². The maximum atomic E-state index is 2.40. The smallest absolute Gasteiger partial charge is 0.0170 e. The normalized spacial score (nSPS) is 16.2. The molecule has 1 unspecified atom stereocenters. The Labute approximate surface area is 90.8 Å². The molecule has 0 spiro atoms. The molecule has 0 heterocycles. The van der Waals surface area contributed by atoms with E-state index in [1.807, 2.05) is 0 Å². The van der Waals surface area contributed by atoms with Gasteiger partial charge in [0.15, 0.2) is 0 Å². The van der Waals surface area contributed by atoms with Gasteiger partial charge in [0.05, 0.1) is 0 Å². The minimum atomic E-state index is 0.335. The van der Waals surface area contributed by atoms with Gasteiger partial charge in [0.25, 0.3) is 0 Å². The summed E-state index contributed by atoms with van der Waals surface area (Å²) in [6.07, 6.45) is 7.04. The minimum absolute atomic E-state index is 0.335. The summed E-state index contributed by atoms with van der Waals surface area (Å²) < 4.78 is 0. The zero-order valence-corrected chi connectivity index (χ0v) is 11.1. The Morgan fingerprint density at radius 2 is 1.64 bits per heavy atom. The van der Waals surface area contributed by atoms with Gasteiger partial charge in [-0.3, -0.25) is 0 Å². The second kappa shape index (κ2) is 5.00. The second-order valence-electron chi connectivity index (χ2n) is 5.96. The first-order valence-electron chi connectivity index (χ1n) is 5.89. The summed E-state index contributed by atoms with van der Waals surface area (Å²) in [6.45, 7) is 16.2. The fourth-order valence-corrected chi connectivity index (χ4v) is 2.41. The van der Waals surface area contributed by atoms with E-state index in [0.717, 1.165) is 5.92 Å². The molecule has 0 amide bonds. The highest BCUT2D eigenvalue weighted by molar-refractivity contribution is 4.96. The van der Waals surface area contributed by atoms with E-state index in [1.54, 1.807) is 0 Å². The van der Waals surface area contributed by atoms with Crippen LogP contribution in [0.25, 0.3) is 0 Å². The van der Waals surface area contributed by atoms with E-state index in [0.29, 0.717) is 10.8 Å². The third kappa shape index (κ3) is 4.30. The van der Waals surface area contributed by atoms with Gasteiger partial charge >= 0.3 is 0 Å². The third-order valence-corrected chi connectivity index (χ3v) is 3.48. The van der Waals surface area contributed by atoms with Crippen LogP contribution < -0.4 is 0 Å². The van der Waals surface area contributed by atoms with Gasteiger partial charge in [-0.25, -0.2) is 0 Å². The van der Waals surface area contributed by atoms with Gasteiger partial charge in [-0.2, -0.15) is 0 Å². The van der Waals surface area contributed by atoms with Crippen LogP contribution in [0.15, 0.2) is 12.2 Å². The Morgan fingerprint density at radius 1 is 1.14 bits per heavy atom. The summed E-state index contributed by atoms with van der Waals surface area (Å²) in [6, 6.07) is 0. The molecule has 0 aliphatic carbocycles. The third-order valence-electron chi connectivity index (χ3n) is 3.48. The molecule has 0 fully saturated rings. The van der Waals surface area contributed by atoms with Gasteiger partial charge < -0.3 is 0 Å². The predicted octanol–water partition coefficient (Wildman–Crippen LogP) is 5.05. The van der Waals surface area contributed by atoms with Crippen molar-refractivity contribution in [3.8, 4) is 0 Å². The van der Waals surface area contributed by atoms with Crippen LogP contribution in [0.3, 0.4) is 0 Å².